The van der Waals surface area contributed by atoms with E-state index in [0.717, 1.165) is 0 Å². The fourth-order valence-corrected chi connectivity index (χ4v) is 4.60. The number of nitro benzene ring substituents is 1. The number of carbonyl (C=O) groups is 1. The molecule has 194 valence electrons. The van der Waals surface area contributed by atoms with E-state index in [4.69, 9.17) is 44.6 Å². The average molecular weight is 572 g/mol. The van der Waals surface area contributed by atoms with Crippen LogP contribution in [-0.4, -0.2) is 47.2 Å². The van der Waals surface area contributed by atoms with Crippen molar-refractivity contribution in [1.29, 1.82) is 0 Å². The number of benzene rings is 3. The number of fused-ring (bicyclic) bond motifs is 1. The number of amides is 1. The van der Waals surface area contributed by atoms with Gasteiger partial charge in [0.2, 0.25) is 5.89 Å². The standard InChI is InChI=1S/C25H19Cl2N5O5S/c26-14-1-4-19(27)17(11-14)24-29-20-12-15(2-6-22(20)37-24)28-25(38)30-23(33)18-13-16(32(34)35)3-5-21(18)31-7-9-36-10-8-31/h1-6,11-13H,7-10H2,(H2,28,30,33,38). The number of morpholine rings is 1. The second-order valence-corrected chi connectivity index (χ2v) is 9.54. The first-order chi connectivity index (χ1) is 18.3. The summed E-state index contributed by atoms with van der Waals surface area (Å²) in [6, 6.07) is 14.3. The Morgan fingerprint density at radius 2 is 1.87 bits per heavy atom. The van der Waals surface area contributed by atoms with Crippen LogP contribution in [0, 0.1) is 10.1 Å². The fraction of sp³-hybridized carbons (Fsp3) is 0.160. The molecule has 0 radical (unpaired) electrons. The molecule has 2 N–H and O–H groups in total. The highest BCUT2D eigenvalue weighted by molar-refractivity contribution is 7.80. The van der Waals surface area contributed by atoms with E-state index in [0.29, 0.717) is 70.3 Å². The van der Waals surface area contributed by atoms with Crippen molar-refractivity contribution in [3.8, 4) is 11.5 Å². The Kier molecular flexibility index (Phi) is 7.43. The third kappa shape index (κ3) is 5.55. The minimum atomic E-state index is -0.576. The number of rotatable bonds is 5. The SMILES string of the molecule is O=C(NC(=S)Nc1ccc2oc(-c3cc(Cl)ccc3Cl)nc2c1)c1cc([N+](=O)[O-])ccc1N1CCOCC1. The van der Waals surface area contributed by atoms with Crippen LogP contribution < -0.4 is 15.5 Å². The summed E-state index contributed by atoms with van der Waals surface area (Å²) < 4.78 is 11.2. The highest BCUT2D eigenvalue weighted by Gasteiger charge is 2.23. The highest BCUT2D eigenvalue weighted by atomic mass is 35.5. The van der Waals surface area contributed by atoms with Crippen LogP contribution in [0.3, 0.4) is 0 Å². The Morgan fingerprint density at radius 1 is 1.08 bits per heavy atom. The number of anilines is 2. The number of nitrogens with zero attached hydrogens (tertiary/aromatic N) is 3. The zero-order valence-corrected chi connectivity index (χ0v) is 21.9. The van der Waals surface area contributed by atoms with Gasteiger partial charge in [0.1, 0.15) is 5.52 Å². The number of carbonyl (C=O) groups excluding carboxylic acids is 1. The number of nitrogens with one attached hydrogen (secondary N) is 2. The summed E-state index contributed by atoms with van der Waals surface area (Å²) >= 11 is 17.7. The quantitative estimate of drug-likeness (QED) is 0.177. The Morgan fingerprint density at radius 3 is 2.63 bits per heavy atom. The number of non-ortho nitro benzene ring substituents is 1. The fourth-order valence-electron chi connectivity index (χ4n) is 4.01. The molecule has 1 fully saturated rings. The lowest BCUT2D eigenvalue weighted by Gasteiger charge is -2.30. The second-order valence-electron chi connectivity index (χ2n) is 8.29. The van der Waals surface area contributed by atoms with E-state index in [1.807, 2.05) is 4.90 Å². The number of ether oxygens (including phenoxy) is 1. The maximum atomic E-state index is 13.1. The number of thiocarbonyl (C=S) groups is 1. The van der Waals surface area contributed by atoms with Crippen molar-refractivity contribution in [3.05, 3.63) is 80.3 Å². The number of nitro groups is 1. The molecule has 1 aromatic heterocycles. The van der Waals surface area contributed by atoms with Crippen molar-refractivity contribution in [2.45, 2.75) is 0 Å². The van der Waals surface area contributed by atoms with E-state index in [2.05, 4.69) is 15.6 Å². The molecular weight excluding hydrogens is 553 g/mol. The van der Waals surface area contributed by atoms with Gasteiger partial charge >= 0.3 is 0 Å². The molecule has 5 rings (SSSR count). The van der Waals surface area contributed by atoms with Gasteiger partial charge in [-0.1, -0.05) is 23.2 Å². The Balaban J connectivity index is 1.34. The zero-order chi connectivity index (χ0) is 26.8. The molecule has 10 nitrogen and oxygen atoms in total. The van der Waals surface area contributed by atoms with Crippen LogP contribution in [0.25, 0.3) is 22.6 Å². The molecule has 1 aliphatic rings. The lowest BCUT2D eigenvalue weighted by Crippen LogP contribution is -2.39. The lowest BCUT2D eigenvalue weighted by molar-refractivity contribution is -0.384. The van der Waals surface area contributed by atoms with Gasteiger partial charge in [-0.15, -0.1) is 0 Å². The summed E-state index contributed by atoms with van der Waals surface area (Å²) in [5.74, 6) is -0.269. The van der Waals surface area contributed by atoms with Gasteiger partial charge in [-0.05, 0) is 54.7 Å². The van der Waals surface area contributed by atoms with Crippen LogP contribution in [0.2, 0.25) is 10.0 Å². The predicted octanol–water partition coefficient (Wildman–Crippen LogP) is 5.67. The summed E-state index contributed by atoms with van der Waals surface area (Å²) in [6.45, 7) is 2.10. The van der Waals surface area contributed by atoms with E-state index in [-0.39, 0.29) is 16.4 Å². The van der Waals surface area contributed by atoms with Crippen LogP contribution >= 0.6 is 35.4 Å². The maximum Gasteiger partial charge on any atom is 0.270 e. The van der Waals surface area contributed by atoms with E-state index < -0.39 is 10.8 Å². The molecule has 1 saturated heterocycles. The van der Waals surface area contributed by atoms with Crippen molar-refractivity contribution >= 4 is 74.6 Å². The number of hydrogen-bond donors (Lipinski definition) is 2. The average Bonchev–Trinajstić information content (AvgIpc) is 3.33. The van der Waals surface area contributed by atoms with Gasteiger partial charge < -0.3 is 19.4 Å². The molecule has 1 amide bonds. The van der Waals surface area contributed by atoms with E-state index in [9.17, 15) is 14.9 Å². The maximum absolute atomic E-state index is 13.1. The zero-order valence-electron chi connectivity index (χ0n) is 19.6. The molecule has 4 aromatic rings. The largest absolute Gasteiger partial charge is 0.436 e. The summed E-state index contributed by atoms with van der Waals surface area (Å²) in [5.41, 5.74) is 2.66. The molecule has 38 heavy (non-hydrogen) atoms. The smallest absolute Gasteiger partial charge is 0.270 e. The summed E-state index contributed by atoms with van der Waals surface area (Å²) in [7, 11) is 0. The summed E-state index contributed by atoms with van der Waals surface area (Å²) in [4.78, 5) is 30.4. The molecule has 0 bridgehead atoms. The van der Waals surface area contributed by atoms with Gasteiger partial charge in [0.25, 0.3) is 11.6 Å². The minimum Gasteiger partial charge on any atom is -0.436 e. The third-order valence-electron chi connectivity index (χ3n) is 5.82. The number of hydrogen-bond acceptors (Lipinski definition) is 8. The highest BCUT2D eigenvalue weighted by Crippen LogP contribution is 2.33. The van der Waals surface area contributed by atoms with Crippen molar-refractivity contribution < 1.29 is 18.9 Å². The van der Waals surface area contributed by atoms with Gasteiger partial charge in [-0.25, -0.2) is 4.98 Å². The molecule has 0 unspecified atom stereocenters. The topological polar surface area (TPSA) is 123 Å². The van der Waals surface area contributed by atoms with E-state index >= 15 is 0 Å². The number of aromatic nitrogens is 1. The monoisotopic (exact) mass is 571 g/mol. The van der Waals surface area contributed by atoms with Crippen LogP contribution in [-0.2, 0) is 4.74 Å². The molecule has 1 aliphatic heterocycles. The van der Waals surface area contributed by atoms with Crippen LogP contribution in [0.5, 0.6) is 0 Å². The van der Waals surface area contributed by atoms with Crippen molar-refractivity contribution in [2.75, 3.05) is 36.5 Å². The van der Waals surface area contributed by atoms with Gasteiger partial charge in [0.15, 0.2) is 10.7 Å². The van der Waals surface area contributed by atoms with E-state index in [1.165, 1.54) is 12.1 Å². The Hall–Kier alpha value is -3.77. The van der Waals surface area contributed by atoms with Crippen molar-refractivity contribution in [2.24, 2.45) is 0 Å². The Bertz CT molecular complexity index is 1570. The molecule has 13 heteroatoms. The number of halogens is 2. The molecule has 0 spiro atoms. The normalized spacial score (nSPS) is 13.4. The van der Waals surface area contributed by atoms with E-state index in [1.54, 1.807) is 42.5 Å². The second kappa shape index (κ2) is 10.9. The first kappa shape index (κ1) is 25.9. The first-order valence-electron chi connectivity index (χ1n) is 11.4. The lowest BCUT2D eigenvalue weighted by atomic mass is 10.1. The minimum absolute atomic E-state index is 0.00962. The molecule has 0 aliphatic carbocycles. The third-order valence-corrected chi connectivity index (χ3v) is 6.59. The Labute approximate surface area is 231 Å². The van der Waals surface area contributed by atoms with Gasteiger partial charge in [-0.2, -0.15) is 0 Å². The molecule has 0 saturated carbocycles. The molecule has 2 heterocycles. The van der Waals surface area contributed by atoms with Gasteiger partial charge in [-0.3, -0.25) is 20.2 Å². The first-order valence-corrected chi connectivity index (χ1v) is 12.5. The van der Waals surface area contributed by atoms with Gasteiger partial charge in [0.05, 0.1) is 40.0 Å². The summed E-state index contributed by atoms with van der Waals surface area (Å²) in [5, 5.41) is 17.8. The summed E-state index contributed by atoms with van der Waals surface area (Å²) in [6.07, 6.45) is 0. The van der Waals surface area contributed by atoms with Crippen molar-refractivity contribution in [3.63, 3.8) is 0 Å². The molecule has 0 atom stereocenters. The van der Waals surface area contributed by atoms with Crippen LogP contribution in [0.4, 0.5) is 17.1 Å². The van der Waals surface area contributed by atoms with Crippen LogP contribution in [0.15, 0.2) is 59.0 Å². The van der Waals surface area contributed by atoms with Crippen molar-refractivity contribution in [1.82, 2.24) is 10.3 Å². The predicted molar refractivity (Wildman–Crippen MR) is 149 cm³/mol. The molecular formula is C25H19Cl2N5O5S. The van der Waals surface area contributed by atoms with Gasteiger partial charge in [0, 0.05) is 35.9 Å². The number of oxazole rings is 1. The van der Waals surface area contributed by atoms with Crippen LogP contribution in [0.1, 0.15) is 10.4 Å². The molecule has 3 aromatic carbocycles.